The van der Waals surface area contributed by atoms with Crippen LogP contribution in [0.5, 0.6) is 0 Å². The number of benzene rings is 2. The van der Waals surface area contributed by atoms with Crippen molar-refractivity contribution >= 4 is 34.7 Å². The van der Waals surface area contributed by atoms with E-state index in [-0.39, 0.29) is 11.8 Å². The van der Waals surface area contributed by atoms with Gasteiger partial charge in [-0.3, -0.25) is 4.79 Å². The zero-order chi connectivity index (χ0) is 16.8. The van der Waals surface area contributed by atoms with Crippen LogP contribution in [-0.4, -0.2) is 5.78 Å². The van der Waals surface area contributed by atoms with Crippen LogP contribution in [0.25, 0.3) is 0 Å². The highest BCUT2D eigenvalue weighted by molar-refractivity contribution is 6.35. The first-order valence-corrected chi connectivity index (χ1v) is 8.83. The molecule has 2 aromatic rings. The summed E-state index contributed by atoms with van der Waals surface area (Å²) in [6, 6.07) is 11.7. The predicted octanol–water partition coefficient (Wildman–Crippen LogP) is 6.02. The van der Waals surface area contributed by atoms with Gasteiger partial charge in [-0.05, 0) is 60.7 Å². The van der Waals surface area contributed by atoms with Crippen molar-refractivity contribution in [2.75, 3.05) is 5.32 Å². The Bertz CT molecular complexity index is 859. The molecule has 1 aliphatic carbocycles. The van der Waals surface area contributed by atoms with Crippen molar-refractivity contribution in [1.29, 1.82) is 0 Å². The SMILES string of the molecule is CC(=O)c1ccc2c(c1)[C@@H]1C=CC[C@H]1[C@@H](c1ccc(Cl)cc1Cl)N2. The number of fused-ring (bicyclic) bond motifs is 3. The van der Waals surface area contributed by atoms with Crippen LogP contribution in [0, 0.1) is 5.92 Å². The molecule has 0 fully saturated rings. The molecule has 1 aliphatic heterocycles. The Morgan fingerprint density at radius 3 is 2.71 bits per heavy atom. The lowest BCUT2D eigenvalue weighted by Gasteiger charge is -2.38. The molecule has 24 heavy (non-hydrogen) atoms. The normalized spacial score (nSPS) is 24.2. The van der Waals surface area contributed by atoms with Gasteiger partial charge in [-0.25, -0.2) is 0 Å². The number of anilines is 1. The summed E-state index contributed by atoms with van der Waals surface area (Å²) >= 11 is 12.5. The van der Waals surface area contributed by atoms with Crippen molar-refractivity contribution in [1.82, 2.24) is 0 Å². The van der Waals surface area contributed by atoms with Crippen molar-refractivity contribution in [3.8, 4) is 0 Å². The Morgan fingerprint density at radius 2 is 1.96 bits per heavy atom. The van der Waals surface area contributed by atoms with Crippen molar-refractivity contribution in [2.24, 2.45) is 5.92 Å². The average molecular weight is 358 g/mol. The summed E-state index contributed by atoms with van der Waals surface area (Å²) in [4.78, 5) is 11.7. The van der Waals surface area contributed by atoms with Gasteiger partial charge in [0.05, 0.1) is 6.04 Å². The molecular formula is C20H17Cl2NO. The fraction of sp³-hybridized carbons (Fsp3) is 0.250. The van der Waals surface area contributed by atoms with Crippen LogP contribution in [0.15, 0.2) is 48.6 Å². The standard InChI is InChI=1S/C20H17Cl2NO/c1-11(24)12-5-8-19-17(9-12)14-3-2-4-15(14)20(23-19)16-7-6-13(21)10-18(16)22/h2-3,5-10,14-15,20,23H,4H2,1H3/t14-,15-,20+/m1/s1. The molecule has 0 unspecified atom stereocenters. The fourth-order valence-electron chi connectivity index (χ4n) is 3.87. The number of nitrogens with one attached hydrogen (secondary N) is 1. The van der Waals surface area contributed by atoms with E-state index in [1.807, 2.05) is 30.3 Å². The first kappa shape index (κ1) is 15.7. The summed E-state index contributed by atoms with van der Waals surface area (Å²) in [5.74, 6) is 0.787. The van der Waals surface area contributed by atoms with Crippen LogP contribution >= 0.6 is 23.2 Å². The van der Waals surface area contributed by atoms with E-state index in [2.05, 4.69) is 17.5 Å². The van der Waals surface area contributed by atoms with E-state index < -0.39 is 0 Å². The molecule has 122 valence electrons. The summed E-state index contributed by atoms with van der Waals surface area (Å²) in [5, 5.41) is 4.97. The van der Waals surface area contributed by atoms with E-state index in [0.29, 0.717) is 21.9 Å². The minimum absolute atomic E-state index is 0.0965. The number of Topliss-reactive ketones (excluding diaryl/α,β-unsaturated/α-hetero) is 1. The summed E-state index contributed by atoms with van der Waals surface area (Å²) in [5.41, 5.74) is 4.10. The molecule has 2 aromatic carbocycles. The maximum absolute atomic E-state index is 11.7. The number of hydrogen-bond acceptors (Lipinski definition) is 2. The molecule has 4 heteroatoms. The summed E-state index contributed by atoms with van der Waals surface area (Å²) in [7, 11) is 0. The van der Waals surface area contributed by atoms with E-state index in [4.69, 9.17) is 23.2 Å². The van der Waals surface area contributed by atoms with Crippen LogP contribution < -0.4 is 5.32 Å². The van der Waals surface area contributed by atoms with Crippen LogP contribution in [0.4, 0.5) is 5.69 Å². The molecule has 0 radical (unpaired) electrons. The zero-order valence-corrected chi connectivity index (χ0v) is 14.7. The van der Waals surface area contributed by atoms with E-state index in [9.17, 15) is 4.79 Å². The number of carbonyl (C=O) groups is 1. The Morgan fingerprint density at radius 1 is 1.12 bits per heavy atom. The molecule has 0 saturated heterocycles. The molecule has 0 bridgehead atoms. The number of halogens is 2. The predicted molar refractivity (Wildman–Crippen MR) is 99.3 cm³/mol. The summed E-state index contributed by atoms with van der Waals surface area (Å²) in [6.45, 7) is 1.61. The highest BCUT2D eigenvalue weighted by Crippen LogP contribution is 2.51. The average Bonchev–Trinajstić information content (AvgIpc) is 3.04. The van der Waals surface area contributed by atoms with E-state index in [1.54, 1.807) is 13.0 Å². The molecule has 1 heterocycles. The Kier molecular flexibility index (Phi) is 3.90. The molecule has 1 N–H and O–H groups in total. The molecule has 3 atom stereocenters. The van der Waals surface area contributed by atoms with Crippen LogP contribution in [0.2, 0.25) is 10.0 Å². The van der Waals surface area contributed by atoms with Gasteiger partial charge in [0, 0.05) is 27.2 Å². The zero-order valence-electron chi connectivity index (χ0n) is 13.2. The van der Waals surface area contributed by atoms with Crippen molar-refractivity contribution in [2.45, 2.75) is 25.3 Å². The second-order valence-corrected chi connectivity index (χ2v) is 7.34. The molecule has 0 saturated carbocycles. The van der Waals surface area contributed by atoms with Crippen molar-refractivity contribution in [3.05, 3.63) is 75.3 Å². The lowest BCUT2D eigenvalue weighted by Crippen LogP contribution is -2.29. The lowest BCUT2D eigenvalue weighted by atomic mass is 9.76. The van der Waals surface area contributed by atoms with E-state index in [0.717, 1.165) is 23.2 Å². The second kappa shape index (κ2) is 5.94. The van der Waals surface area contributed by atoms with E-state index in [1.165, 1.54) is 5.56 Å². The minimum Gasteiger partial charge on any atom is -0.378 e. The monoisotopic (exact) mass is 357 g/mol. The first-order chi connectivity index (χ1) is 11.5. The van der Waals surface area contributed by atoms with Crippen molar-refractivity contribution in [3.63, 3.8) is 0 Å². The quantitative estimate of drug-likeness (QED) is 0.525. The molecule has 2 nitrogen and oxygen atoms in total. The summed E-state index contributed by atoms with van der Waals surface area (Å²) in [6.07, 6.45) is 5.47. The van der Waals surface area contributed by atoms with Crippen LogP contribution in [-0.2, 0) is 0 Å². The molecule has 0 spiro atoms. The van der Waals surface area contributed by atoms with Crippen LogP contribution in [0.3, 0.4) is 0 Å². The number of allylic oxidation sites excluding steroid dienone is 2. The number of ketones is 1. The van der Waals surface area contributed by atoms with Gasteiger partial charge in [0.2, 0.25) is 0 Å². The highest BCUT2D eigenvalue weighted by Gasteiger charge is 2.38. The molecule has 4 rings (SSSR count). The number of carbonyl (C=O) groups excluding carboxylic acids is 1. The van der Waals surface area contributed by atoms with Gasteiger partial charge in [-0.15, -0.1) is 0 Å². The van der Waals surface area contributed by atoms with Crippen LogP contribution in [0.1, 0.15) is 46.8 Å². The first-order valence-electron chi connectivity index (χ1n) is 8.07. The Labute approximate surface area is 151 Å². The topological polar surface area (TPSA) is 29.1 Å². The second-order valence-electron chi connectivity index (χ2n) is 6.50. The minimum atomic E-state index is 0.0965. The third-order valence-corrected chi connectivity index (χ3v) is 5.63. The third kappa shape index (κ3) is 2.54. The van der Waals surface area contributed by atoms with Gasteiger partial charge in [0.1, 0.15) is 0 Å². The van der Waals surface area contributed by atoms with Gasteiger partial charge < -0.3 is 5.32 Å². The van der Waals surface area contributed by atoms with Gasteiger partial charge in [-0.1, -0.05) is 41.4 Å². The highest BCUT2D eigenvalue weighted by atomic mass is 35.5. The summed E-state index contributed by atoms with van der Waals surface area (Å²) < 4.78 is 0. The van der Waals surface area contributed by atoms with E-state index >= 15 is 0 Å². The smallest absolute Gasteiger partial charge is 0.159 e. The molecule has 2 aliphatic rings. The van der Waals surface area contributed by atoms with Gasteiger partial charge in [0.15, 0.2) is 5.78 Å². The molecule has 0 amide bonds. The molecular weight excluding hydrogens is 341 g/mol. The molecule has 0 aromatic heterocycles. The van der Waals surface area contributed by atoms with Gasteiger partial charge >= 0.3 is 0 Å². The Hall–Kier alpha value is -1.77. The fourth-order valence-corrected chi connectivity index (χ4v) is 4.40. The third-order valence-electron chi connectivity index (χ3n) is 5.07. The number of rotatable bonds is 2. The lowest BCUT2D eigenvalue weighted by molar-refractivity contribution is 0.101. The largest absolute Gasteiger partial charge is 0.378 e. The number of hydrogen-bond donors (Lipinski definition) is 1. The maximum Gasteiger partial charge on any atom is 0.159 e. The van der Waals surface area contributed by atoms with Gasteiger partial charge in [0.25, 0.3) is 0 Å². The van der Waals surface area contributed by atoms with Gasteiger partial charge in [-0.2, -0.15) is 0 Å². The van der Waals surface area contributed by atoms with Crippen molar-refractivity contribution < 1.29 is 4.79 Å². The maximum atomic E-state index is 11.7. The Balaban J connectivity index is 1.79.